The summed E-state index contributed by atoms with van der Waals surface area (Å²) in [7, 11) is 0. The second-order valence-corrected chi connectivity index (χ2v) is 8.91. The number of rotatable bonds is 7. The molecule has 146 valence electrons. The Hall–Kier alpha value is -1.45. The molecule has 0 unspecified atom stereocenters. The minimum Gasteiger partial charge on any atom is -0.466 e. The van der Waals surface area contributed by atoms with Crippen LogP contribution in [0.2, 0.25) is 0 Å². The molecule has 26 heavy (non-hydrogen) atoms. The van der Waals surface area contributed by atoms with Crippen LogP contribution in [0.15, 0.2) is 11.6 Å². The molecule has 4 nitrogen and oxygen atoms in total. The lowest BCUT2D eigenvalue weighted by atomic mass is 9.67. The molecule has 0 amide bonds. The van der Waals surface area contributed by atoms with E-state index in [1.807, 2.05) is 6.92 Å². The highest BCUT2D eigenvalue weighted by atomic mass is 16.5. The molecule has 2 rings (SSSR count). The van der Waals surface area contributed by atoms with Gasteiger partial charge in [-0.25, -0.2) is 0 Å². The fraction of sp³-hybridized carbons (Fsp3) is 0.773. The number of allylic oxidation sites excluding steroid dienone is 2. The molecule has 4 heteroatoms. The van der Waals surface area contributed by atoms with Gasteiger partial charge in [0, 0.05) is 18.3 Å². The first kappa shape index (κ1) is 20.9. The van der Waals surface area contributed by atoms with E-state index in [9.17, 15) is 14.4 Å². The van der Waals surface area contributed by atoms with Gasteiger partial charge in [-0.3, -0.25) is 14.4 Å². The molecular weight excluding hydrogens is 328 g/mol. The second-order valence-electron chi connectivity index (χ2n) is 8.91. The number of hydrogen-bond donors (Lipinski definition) is 0. The minimum absolute atomic E-state index is 0.108. The molecule has 0 heterocycles. The molecule has 0 radical (unpaired) electrons. The van der Waals surface area contributed by atoms with Crippen molar-refractivity contribution in [1.29, 1.82) is 0 Å². The minimum atomic E-state index is -0.472. The van der Waals surface area contributed by atoms with Gasteiger partial charge in [0.15, 0.2) is 0 Å². The van der Waals surface area contributed by atoms with Crippen LogP contribution in [-0.2, 0) is 19.1 Å². The highest BCUT2D eigenvalue weighted by Gasteiger charge is 2.48. The van der Waals surface area contributed by atoms with Crippen molar-refractivity contribution in [3.05, 3.63) is 11.6 Å². The molecule has 0 aromatic heterocycles. The van der Waals surface area contributed by atoms with Crippen molar-refractivity contribution < 1.29 is 19.1 Å². The third kappa shape index (κ3) is 4.27. The highest BCUT2D eigenvalue weighted by molar-refractivity contribution is 5.96. The van der Waals surface area contributed by atoms with Crippen molar-refractivity contribution in [2.75, 3.05) is 6.61 Å². The van der Waals surface area contributed by atoms with Crippen LogP contribution in [0, 0.1) is 22.7 Å². The maximum Gasteiger partial charge on any atom is 0.313 e. The SMILES string of the molecule is CCOC(=O)CC(=O)CC[C@@]1(C)CC[C@@]2(C)C(=CC[C@@H]2C(C)C)CC1=O. The Morgan fingerprint density at radius 3 is 2.58 bits per heavy atom. The summed E-state index contributed by atoms with van der Waals surface area (Å²) < 4.78 is 4.83. The summed E-state index contributed by atoms with van der Waals surface area (Å²) in [6, 6.07) is 0. The zero-order valence-corrected chi connectivity index (χ0v) is 17.0. The Bertz CT molecular complexity index is 603. The van der Waals surface area contributed by atoms with Crippen molar-refractivity contribution in [3.8, 4) is 0 Å². The largest absolute Gasteiger partial charge is 0.466 e. The summed E-state index contributed by atoms with van der Waals surface area (Å²) in [5.41, 5.74) is 0.944. The normalized spacial score (nSPS) is 31.4. The molecule has 1 fully saturated rings. The average Bonchev–Trinajstić information content (AvgIpc) is 2.84. The molecule has 0 aliphatic heterocycles. The van der Waals surface area contributed by atoms with Gasteiger partial charge in [-0.1, -0.05) is 39.3 Å². The first-order valence-electron chi connectivity index (χ1n) is 10.0. The van der Waals surface area contributed by atoms with E-state index in [1.165, 1.54) is 5.57 Å². The predicted octanol–water partition coefficient (Wildman–Crippen LogP) is 4.66. The van der Waals surface area contributed by atoms with Crippen LogP contribution in [0.3, 0.4) is 0 Å². The summed E-state index contributed by atoms with van der Waals surface area (Å²) in [5, 5.41) is 0. The highest BCUT2D eigenvalue weighted by Crippen LogP contribution is 2.55. The van der Waals surface area contributed by atoms with Crippen LogP contribution in [0.25, 0.3) is 0 Å². The summed E-state index contributed by atoms with van der Waals surface area (Å²) in [6.45, 7) is 10.9. The Kier molecular flexibility index (Phi) is 6.46. The van der Waals surface area contributed by atoms with Crippen LogP contribution in [0.5, 0.6) is 0 Å². The van der Waals surface area contributed by atoms with Crippen molar-refractivity contribution >= 4 is 17.5 Å². The maximum atomic E-state index is 13.0. The molecule has 2 aliphatic rings. The van der Waals surface area contributed by atoms with E-state index in [1.54, 1.807) is 6.92 Å². The molecule has 0 N–H and O–H groups in total. The summed E-state index contributed by atoms with van der Waals surface area (Å²) >= 11 is 0. The van der Waals surface area contributed by atoms with Crippen LogP contribution in [-0.4, -0.2) is 24.1 Å². The molecule has 0 spiro atoms. The number of Topliss-reactive ketones (excluding diaryl/α,β-unsaturated/α-hetero) is 2. The average molecular weight is 363 g/mol. The van der Waals surface area contributed by atoms with E-state index in [2.05, 4.69) is 26.8 Å². The number of ether oxygens (including phenoxy) is 1. The summed E-state index contributed by atoms with van der Waals surface area (Å²) in [5.74, 6) is 0.840. The number of hydrogen-bond acceptors (Lipinski definition) is 4. The van der Waals surface area contributed by atoms with E-state index in [-0.39, 0.29) is 36.4 Å². The van der Waals surface area contributed by atoms with Gasteiger partial charge in [-0.05, 0) is 49.9 Å². The van der Waals surface area contributed by atoms with Crippen molar-refractivity contribution in [3.63, 3.8) is 0 Å². The zero-order chi connectivity index (χ0) is 19.5. The van der Waals surface area contributed by atoms with Gasteiger partial charge in [0.05, 0.1) is 6.61 Å². The van der Waals surface area contributed by atoms with Crippen LogP contribution in [0.4, 0.5) is 0 Å². The Morgan fingerprint density at radius 2 is 1.96 bits per heavy atom. The predicted molar refractivity (Wildman–Crippen MR) is 102 cm³/mol. The molecule has 2 aliphatic carbocycles. The smallest absolute Gasteiger partial charge is 0.313 e. The van der Waals surface area contributed by atoms with Crippen LogP contribution >= 0.6 is 0 Å². The Balaban J connectivity index is 2.03. The lowest BCUT2D eigenvalue weighted by Crippen LogP contribution is -2.29. The fourth-order valence-electron chi connectivity index (χ4n) is 4.83. The van der Waals surface area contributed by atoms with Gasteiger partial charge in [-0.15, -0.1) is 0 Å². The lowest BCUT2D eigenvalue weighted by molar-refractivity contribution is -0.145. The van der Waals surface area contributed by atoms with Gasteiger partial charge >= 0.3 is 5.97 Å². The monoisotopic (exact) mass is 362 g/mol. The molecule has 0 saturated heterocycles. The van der Waals surface area contributed by atoms with Gasteiger partial charge in [0.1, 0.15) is 18.0 Å². The molecule has 0 aromatic rings. The van der Waals surface area contributed by atoms with E-state index in [4.69, 9.17) is 4.74 Å². The standard InChI is InChI=1S/C22H34O4/c1-6-26-20(25)14-17(23)9-10-21(4)11-12-22(5)16(13-19(21)24)7-8-18(22)15(2)3/h7,15,18H,6,8-14H2,1-5H3/t18-,21+,22+/m1/s1. The number of carbonyl (C=O) groups excluding carboxylic acids is 3. The molecule has 3 atom stereocenters. The van der Waals surface area contributed by atoms with Crippen molar-refractivity contribution in [2.45, 2.75) is 79.6 Å². The lowest BCUT2D eigenvalue weighted by Gasteiger charge is -2.37. The quantitative estimate of drug-likeness (QED) is 0.375. The van der Waals surface area contributed by atoms with Gasteiger partial charge in [-0.2, -0.15) is 0 Å². The Morgan fingerprint density at radius 1 is 1.27 bits per heavy atom. The molecule has 0 bridgehead atoms. The van der Waals surface area contributed by atoms with E-state index >= 15 is 0 Å². The summed E-state index contributed by atoms with van der Waals surface area (Å²) in [6.07, 6.45) is 6.31. The molecule has 0 aromatic carbocycles. The first-order chi connectivity index (χ1) is 12.1. The topological polar surface area (TPSA) is 60.4 Å². The first-order valence-corrected chi connectivity index (χ1v) is 10.0. The van der Waals surface area contributed by atoms with Crippen molar-refractivity contribution in [1.82, 2.24) is 0 Å². The van der Waals surface area contributed by atoms with E-state index < -0.39 is 11.4 Å². The number of ketones is 2. The molecule has 1 saturated carbocycles. The fourth-order valence-corrected chi connectivity index (χ4v) is 4.83. The molecular formula is C22H34O4. The van der Waals surface area contributed by atoms with Gasteiger partial charge in [0.2, 0.25) is 0 Å². The third-order valence-electron chi connectivity index (χ3n) is 6.80. The van der Waals surface area contributed by atoms with Gasteiger partial charge < -0.3 is 4.74 Å². The van der Waals surface area contributed by atoms with E-state index in [0.29, 0.717) is 24.7 Å². The van der Waals surface area contributed by atoms with Gasteiger partial charge in [0.25, 0.3) is 0 Å². The Labute approximate surface area is 157 Å². The number of fused-ring (bicyclic) bond motifs is 1. The maximum absolute atomic E-state index is 13.0. The van der Waals surface area contributed by atoms with Crippen molar-refractivity contribution in [2.24, 2.45) is 22.7 Å². The third-order valence-corrected chi connectivity index (χ3v) is 6.80. The zero-order valence-electron chi connectivity index (χ0n) is 17.0. The van der Waals surface area contributed by atoms with E-state index in [0.717, 1.165) is 19.3 Å². The number of esters is 1. The summed E-state index contributed by atoms with van der Waals surface area (Å²) in [4.78, 5) is 36.5. The second kappa shape index (κ2) is 8.06. The van der Waals surface area contributed by atoms with Crippen LogP contribution < -0.4 is 0 Å². The van der Waals surface area contributed by atoms with Crippen LogP contribution in [0.1, 0.15) is 79.6 Å². The number of carbonyl (C=O) groups is 3.